The molecule has 1 atom stereocenters. The number of aromatic nitrogens is 1. The molecule has 0 spiro atoms. The third-order valence-electron chi connectivity index (χ3n) is 2.19. The van der Waals surface area contributed by atoms with Gasteiger partial charge in [-0.1, -0.05) is 19.4 Å². The SMILES string of the molecule is CCCC(C(=O)OCC)c1ccccn1. The highest BCUT2D eigenvalue weighted by Crippen LogP contribution is 2.20. The lowest BCUT2D eigenvalue weighted by atomic mass is 9.99. The van der Waals surface area contributed by atoms with Crippen molar-refractivity contribution in [2.24, 2.45) is 0 Å². The van der Waals surface area contributed by atoms with Crippen LogP contribution in [0.2, 0.25) is 0 Å². The lowest BCUT2D eigenvalue weighted by Gasteiger charge is -2.13. The Hall–Kier alpha value is -1.38. The first-order valence-corrected chi connectivity index (χ1v) is 5.37. The molecular formula is C12H17NO2. The number of pyridine rings is 1. The fraction of sp³-hybridized carbons (Fsp3) is 0.500. The third kappa shape index (κ3) is 3.35. The zero-order chi connectivity index (χ0) is 11.1. The number of ether oxygens (including phenoxy) is 1. The molecule has 0 radical (unpaired) electrons. The fourth-order valence-electron chi connectivity index (χ4n) is 1.50. The number of carbonyl (C=O) groups is 1. The van der Waals surface area contributed by atoms with Gasteiger partial charge >= 0.3 is 5.97 Å². The highest BCUT2D eigenvalue weighted by molar-refractivity contribution is 5.77. The van der Waals surface area contributed by atoms with Gasteiger partial charge in [0.15, 0.2) is 0 Å². The van der Waals surface area contributed by atoms with Crippen molar-refractivity contribution in [2.45, 2.75) is 32.6 Å². The molecule has 1 aromatic rings. The molecule has 0 bridgehead atoms. The molecular weight excluding hydrogens is 190 g/mol. The number of nitrogens with zero attached hydrogens (tertiary/aromatic N) is 1. The van der Waals surface area contributed by atoms with Crippen molar-refractivity contribution in [1.29, 1.82) is 0 Å². The van der Waals surface area contributed by atoms with E-state index in [0.29, 0.717) is 6.61 Å². The number of carbonyl (C=O) groups excluding carboxylic acids is 1. The fourth-order valence-corrected chi connectivity index (χ4v) is 1.50. The van der Waals surface area contributed by atoms with Crippen LogP contribution in [0, 0.1) is 0 Å². The van der Waals surface area contributed by atoms with Gasteiger partial charge in [0.1, 0.15) is 0 Å². The summed E-state index contributed by atoms with van der Waals surface area (Å²) in [5, 5.41) is 0. The van der Waals surface area contributed by atoms with E-state index in [1.807, 2.05) is 25.1 Å². The van der Waals surface area contributed by atoms with Crippen LogP contribution < -0.4 is 0 Å². The summed E-state index contributed by atoms with van der Waals surface area (Å²) in [4.78, 5) is 15.9. The van der Waals surface area contributed by atoms with Crippen molar-refractivity contribution in [1.82, 2.24) is 4.98 Å². The lowest BCUT2D eigenvalue weighted by Crippen LogP contribution is -2.16. The second-order valence-electron chi connectivity index (χ2n) is 3.35. The van der Waals surface area contributed by atoms with Gasteiger partial charge in [0.25, 0.3) is 0 Å². The summed E-state index contributed by atoms with van der Waals surface area (Å²) < 4.78 is 5.03. The molecule has 0 amide bonds. The van der Waals surface area contributed by atoms with E-state index in [9.17, 15) is 4.79 Å². The number of hydrogen-bond acceptors (Lipinski definition) is 3. The zero-order valence-electron chi connectivity index (χ0n) is 9.27. The van der Waals surface area contributed by atoms with Crippen LogP contribution in [0.3, 0.4) is 0 Å². The van der Waals surface area contributed by atoms with Crippen LogP contribution in [0.5, 0.6) is 0 Å². The Labute approximate surface area is 90.5 Å². The van der Waals surface area contributed by atoms with E-state index in [1.54, 1.807) is 6.20 Å². The van der Waals surface area contributed by atoms with Crippen LogP contribution in [-0.4, -0.2) is 17.6 Å². The Morgan fingerprint density at radius 1 is 1.47 bits per heavy atom. The summed E-state index contributed by atoms with van der Waals surface area (Å²) in [7, 11) is 0. The largest absolute Gasteiger partial charge is 0.465 e. The molecule has 15 heavy (non-hydrogen) atoms. The molecule has 0 aliphatic heterocycles. The standard InChI is InChI=1S/C12H17NO2/c1-3-7-10(12(14)15-4-2)11-8-5-6-9-13-11/h5-6,8-10H,3-4,7H2,1-2H3. The second kappa shape index (κ2) is 6.17. The van der Waals surface area contributed by atoms with Crippen molar-refractivity contribution < 1.29 is 9.53 Å². The highest BCUT2D eigenvalue weighted by Gasteiger charge is 2.21. The van der Waals surface area contributed by atoms with Crippen LogP contribution in [0.4, 0.5) is 0 Å². The Morgan fingerprint density at radius 3 is 2.80 bits per heavy atom. The van der Waals surface area contributed by atoms with E-state index in [2.05, 4.69) is 11.9 Å². The quantitative estimate of drug-likeness (QED) is 0.696. The smallest absolute Gasteiger partial charge is 0.315 e. The highest BCUT2D eigenvalue weighted by atomic mass is 16.5. The number of esters is 1. The molecule has 0 aliphatic rings. The van der Waals surface area contributed by atoms with E-state index in [1.165, 1.54) is 0 Å². The molecule has 0 fully saturated rings. The van der Waals surface area contributed by atoms with Gasteiger partial charge in [0.05, 0.1) is 18.2 Å². The van der Waals surface area contributed by atoms with E-state index < -0.39 is 0 Å². The first-order chi connectivity index (χ1) is 7.29. The first-order valence-electron chi connectivity index (χ1n) is 5.37. The Bertz CT molecular complexity index is 298. The normalized spacial score (nSPS) is 12.1. The average molecular weight is 207 g/mol. The minimum absolute atomic E-state index is 0.168. The van der Waals surface area contributed by atoms with Gasteiger partial charge in [-0.15, -0.1) is 0 Å². The summed E-state index contributed by atoms with van der Waals surface area (Å²) >= 11 is 0. The maximum atomic E-state index is 11.7. The van der Waals surface area contributed by atoms with Crippen molar-refractivity contribution in [3.05, 3.63) is 30.1 Å². The first kappa shape index (κ1) is 11.7. The monoisotopic (exact) mass is 207 g/mol. The molecule has 0 saturated carbocycles. The van der Waals surface area contributed by atoms with Crippen molar-refractivity contribution >= 4 is 5.97 Å². The van der Waals surface area contributed by atoms with Crippen LogP contribution in [0.1, 0.15) is 38.3 Å². The molecule has 82 valence electrons. The summed E-state index contributed by atoms with van der Waals surface area (Å²) in [6.07, 6.45) is 3.44. The molecule has 1 aromatic heterocycles. The van der Waals surface area contributed by atoms with Gasteiger partial charge in [-0.2, -0.15) is 0 Å². The Balaban J connectivity index is 2.78. The van der Waals surface area contributed by atoms with Crippen LogP contribution in [0.25, 0.3) is 0 Å². The minimum Gasteiger partial charge on any atom is -0.465 e. The van der Waals surface area contributed by atoms with Crippen molar-refractivity contribution in [2.75, 3.05) is 6.61 Å². The molecule has 0 aromatic carbocycles. The molecule has 1 rings (SSSR count). The van der Waals surface area contributed by atoms with Gasteiger partial charge in [-0.3, -0.25) is 9.78 Å². The van der Waals surface area contributed by atoms with E-state index in [0.717, 1.165) is 18.5 Å². The van der Waals surface area contributed by atoms with Crippen LogP contribution in [0.15, 0.2) is 24.4 Å². The van der Waals surface area contributed by atoms with Crippen LogP contribution in [-0.2, 0) is 9.53 Å². The van der Waals surface area contributed by atoms with Crippen molar-refractivity contribution in [3.63, 3.8) is 0 Å². The second-order valence-corrected chi connectivity index (χ2v) is 3.35. The Kier molecular flexibility index (Phi) is 4.81. The maximum Gasteiger partial charge on any atom is 0.315 e. The van der Waals surface area contributed by atoms with Gasteiger partial charge in [0, 0.05) is 6.20 Å². The number of hydrogen-bond donors (Lipinski definition) is 0. The topological polar surface area (TPSA) is 39.2 Å². The van der Waals surface area contributed by atoms with Gasteiger partial charge < -0.3 is 4.74 Å². The molecule has 0 aliphatic carbocycles. The van der Waals surface area contributed by atoms with Crippen LogP contribution >= 0.6 is 0 Å². The lowest BCUT2D eigenvalue weighted by molar-refractivity contribution is -0.145. The summed E-state index contributed by atoms with van der Waals surface area (Å²) in [5.41, 5.74) is 0.804. The van der Waals surface area contributed by atoms with Gasteiger partial charge in [-0.25, -0.2) is 0 Å². The predicted octanol–water partition coefficient (Wildman–Crippen LogP) is 2.53. The molecule has 1 heterocycles. The number of rotatable bonds is 5. The summed E-state index contributed by atoms with van der Waals surface area (Å²) in [5.74, 6) is -0.380. The third-order valence-corrected chi connectivity index (χ3v) is 2.19. The van der Waals surface area contributed by atoms with E-state index in [4.69, 9.17) is 4.74 Å². The Morgan fingerprint density at radius 2 is 2.27 bits per heavy atom. The van der Waals surface area contributed by atoms with Gasteiger partial charge in [0.2, 0.25) is 0 Å². The molecule has 0 N–H and O–H groups in total. The summed E-state index contributed by atoms with van der Waals surface area (Å²) in [6, 6.07) is 5.61. The molecule has 3 nitrogen and oxygen atoms in total. The maximum absolute atomic E-state index is 11.7. The minimum atomic E-state index is -0.212. The molecule has 3 heteroatoms. The van der Waals surface area contributed by atoms with E-state index in [-0.39, 0.29) is 11.9 Å². The average Bonchev–Trinajstić information content (AvgIpc) is 2.27. The van der Waals surface area contributed by atoms with Crippen molar-refractivity contribution in [3.8, 4) is 0 Å². The molecule has 0 saturated heterocycles. The summed E-state index contributed by atoms with van der Waals surface area (Å²) in [6.45, 7) is 4.29. The predicted molar refractivity (Wildman–Crippen MR) is 58.5 cm³/mol. The van der Waals surface area contributed by atoms with Gasteiger partial charge in [-0.05, 0) is 25.5 Å². The zero-order valence-corrected chi connectivity index (χ0v) is 9.27. The van der Waals surface area contributed by atoms with E-state index >= 15 is 0 Å². The molecule has 1 unspecified atom stereocenters.